The van der Waals surface area contributed by atoms with Gasteiger partial charge in [0.15, 0.2) is 0 Å². The van der Waals surface area contributed by atoms with Gasteiger partial charge in [-0.2, -0.15) is 0 Å². The summed E-state index contributed by atoms with van der Waals surface area (Å²) in [5.74, 6) is -0.254. The summed E-state index contributed by atoms with van der Waals surface area (Å²) >= 11 is 1.12. The fourth-order valence-electron chi connectivity index (χ4n) is 3.31. The molecule has 1 aromatic heterocycles. The van der Waals surface area contributed by atoms with Crippen molar-refractivity contribution < 1.29 is 13.2 Å². The van der Waals surface area contributed by atoms with Gasteiger partial charge < -0.3 is 4.90 Å². The molecule has 2 aromatic rings. The van der Waals surface area contributed by atoms with Crippen molar-refractivity contribution in [2.75, 3.05) is 13.1 Å². The Morgan fingerprint density at radius 1 is 1.25 bits per heavy atom. The Bertz CT molecular complexity index is 846. The summed E-state index contributed by atoms with van der Waals surface area (Å²) < 4.78 is 23.3. The smallest absolute Gasteiger partial charge is 0.265 e. The topological polar surface area (TPSA) is 80.5 Å². The van der Waals surface area contributed by atoms with E-state index in [0.29, 0.717) is 13.1 Å². The second-order valence-corrected chi connectivity index (χ2v) is 8.86. The molecule has 2 N–H and O–H groups in total. The number of hydrogen-bond donors (Lipinski definition) is 1. The quantitative estimate of drug-likeness (QED) is 0.909. The van der Waals surface area contributed by atoms with Gasteiger partial charge in [-0.15, -0.1) is 11.3 Å². The van der Waals surface area contributed by atoms with Gasteiger partial charge in [-0.1, -0.05) is 37.3 Å². The van der Waals surface area contributed by atoms with E-state index in [1.807, 2.05) is 18.2 Å². The Hall–Kier alpha value is -1.70. The summed E-state index contributed by atoms with van der Waals surface area (Å²) in [6.07, 6.45) is 1.88. The molecule has 0 saturated carbocycles. The number of carbonyl (C=O) groups excluding carboxylic acids is 1. The highest BCUT2D eigenvalue weighted by Gasteiger charge is 2.36. The van der Waals surface area contributed by atoms with E-state index < -0.39 is 10.0 Å². The summed E-state index contributed by atoms with van der Waals surface area (Å²) in [5.41, 5.74) is 1.06. The lowest BCUT2D eigenvalue weighted by Crippen LogP contribution is -2.47. The van der Waals surface area contributed by atoms with Crippen LogP contribution in [0.2, 0.25) is 0 Å². The van der Waals surface area contributed by atoms with E-state index in [2.05, 4.69) is 19.1 Å². The maximum Gasteiger partial charge on any atom is 0.265 e. The maximum absolute atomic E-state index is 12.9. The highest BCUT2D eigenvalue weighted by molar-refractivity contribution is 7.89. The van der Waals surface area contributed by atoms with Crippen LogP contribution in [0.15, 0.2) is 46.7 Å². The van der Waals surface area contributed by atoms with Crippen LogP contribution in [0.5, 0.6) is 0 Å². The van der Waals surface area contributed by atoms with Crippen LogP contribution in [-0.2, 0) is 15.4 Å². The maximum atomic E-state index is 12.9. The van der Waals surface area contributed by atoms with Crippen LogP contribution in [-0.4, -0.2) is 32.3 Å². The Morgan fingerprint density at radius 2 is 1.96 bits per heavy atom. The van der Waals surface area contributed by atoms with Crippen LogP contribution >= 0.6 is 11.3 Å². The highest BCUT2D eigenvalue weighted by Crippen LogP contribution is 2.35. The molecule has 0 bridgehead atoms. The molecular formula is C17H20N2O3S2. The number of nitrogens with zero attached hydrogens (tertiary/aromatic N) is 1. The fourth-order valence-corrected chi connectivity index (χ4v) is 5.25. The lowest BCUT2D eigenvalue weighted by atomic mass is 9.76. The molecule has 0 spiro atoms. The number of sulfonamides is 1. The molecule has 24 heavy (non-hydrogen) atoms. The first-order valence-electron chi connectivity index (χ1n) is 7.76. The van der Waals surface area contributed by atoms with Gasteiger partial charge in [0.05, 0.1) is 0 Å². The van der Waals surface area contributed by atoms with Crippen molar-refractivity contribution >= 4 is 27.3 Å². The summed E-state index contributed by atoms with van der Waals surface area (Å²) in [6, 6.07) is 11.5. The van der Waals surface area contributed by atoms with Crippen molar-refractivity contribution in [3.05, 3.63) is 52.2 Å². The van der Waals surface area contributed by atoms with Crippen LogP contribution in [0.4, 0.5) is 0 Å². The van der Waals surface area contributed by atoms with Crippen molar-refractivity contribution in [1.29, 1.82) is 0 Å². The number of amides is 1. The molecule has 1 atom stereocenters. The molecule has 0 aliphatic carbocycles. The molecule has 128 valence electrons. The zero-order valence-electron chi connectivity index (χ0n) is 13.4. The Morgan fingerprint density at radius 3 is 2.62 bits per heavy atom. The van der Waals surface area contributed by atoms with E-state index in [1.165, 1.54) is 11.6 Å². The zero-order chi connectivity index (χ0) is 17.4. The number of thiophene rings is 1. The minimum atomic E-state index is -3.89. The molecule has 1 aromatic carbocycles. The second kappa shape index (κ2) is 6.31. The molecule has 0 radical (unpaired) electrons. The molecule has 1 amide bonds. The number of benzene rings is 1. The van der Waals surface area contributed by atoms with Crippen molar-refractivity contribution in [3.63, 3.8) is 0 Å². The average Bonchev–Trinajstić information content (AvgIpc) is 3.05. The minimum Gasteiger partial charge on any atom is -0.337 e. The molecule has 1 aliphatic heterocycles. The molecule has 5 nitrogen and oxygen atoms in total. The molecule has 1 fully saturated rings. The van der Waals surface area contributed by atoms with Crippen LogP contribution in [0.1, 0.15) is 35.0 Å². The van der Waals surface area contributed by atoms with E-state index >= 15 is 0 Å². The van der Waals surface area contributed by atoms with Gasteiger partial charge in [0.1, 0.15) is 9.77 Å². The molecule has 0 unspecified atom stereocenters. The van der Waals surface area contributed by atoms with Crippen molar-refractivity contribution in [2.24, 2.45) is 5.14 Å². The number of rotatable bonds is 3. The third kappa shape index (κ3) is 3.24. The summed E-state index contributed by atoms with van der Waals surface area (Å²) in [7, 11) is -3.89. The number of likely N-dealkylation sites (tertiary alicyclic amines) is 1. The standard InChI is InChI=1S/C17H20N2O3S2/c1-17(13-6-3-2-4-7-13)9-5-10-19(12-17)16(20)15-14(8-11-23-15)24(18,21)22/h2-4,6-8,11H,5,9-10,12H2,1H3,(H2,18,21,22)/t17-/m0/s1. The van der Waals surface area contributed by atoms with Gasteiger partial charge in [-0.3, -0.25) is 4.79 Å². The van der Waals surface area contributed by atoms with Crippen LogP contribution in [0, 0.1) is 0 Å². The zero-order valence-corrected chi connectivity index (χ0v) is 15.1. The van der Waals surface area contributed by atoms with E-state index in [1.54, 1.807) is 10.3 Å². The van der Waals surface area contributed by atoms with Gasteiger partial charge in [0, 0.05) is 18.5 Å². The first-order valence-corrected chi connectivity index (χ1v) is 10.2. The van der Waals surface area contributed by atoms with E-state index in [9.17, 15) is 13.2 Å². The number of piperidine rings is 1. The van der Waals surface area contributed by atoms with Crippen molar-refractivity contribution in [3.8, 4) is 0 Å². The van der Waals surface area contributed by atoms with Gasteiger partial charge in [-0.05, 0) is 29.9 Å². The predicted molar refractivity (Wildman–Crippen MR) is 94.6 cm³/mol. The largest absolute Gasteiger partial charge is 0.337 e. The summed E-state index contributed by atoms with van der Waals surface area (Å²) in [4.78, 5) is 14.7. The minimum absolute atomic E-state index is 0.0792. The normalized spacial score (nSPS) is 21.7. The van der Waals surface area contributed by atoms with Crippen LogP contribution < -0.4 is 5.14 Å². The Kier molecular flexibility index (Phi) is 4.50. The highest BCUT2D eigenvalue weighted by atomic mass is 32.2. The van der Waals surface area contributed by atoms with E-state index in [4.69, 9.17) is 5.14 Å². The van der Waals surface area contributed by atoms with E-state index in [-0.39, 0.29) is 21.1 Å². The number of primary sulfonamides is 1. The molecule has 7 heteroatoms. The fraction of sp³-hybridized carbons (Fsp3) is 0.353. The number of hydrogen-bond acceptors (Lipinski definition) is 4. The molecule has 2 heterocycles. The summed E-state index contributed by atoms with van der Waals surface area (Å²) in [6.45, 7) is 3.35. The lowest BCUT2D eigenvalue weighted by molar-refractivity contribution is 0.0652. The van der Waals surface area contributed by atoms with Crippen LogP contribution in [0.3, 0.4) is 0 Å². The third-order valence-corrected chi connectivity index (χ3v) is 6.57. The number of nitrogens with two attached hydrogens (primary N) is 1. The van der Waals surface area contributed by atoms with Crippen LogP contribution in [0.25, 0.3) is 0 Å². The third-order valence-electron chi connectivity index (χ3n) is 4.58. The van der Waals surface area contributed by atoms with Gasteiger partial charge >= 0.3 is 0 Å². The first-order chi connectivity index (χ1) is 11.3. The molecule has 1 aliphatic rings. The van der Waals surface area contributed by atoms with Crippen molar-refractivity contribution in [1.82, 2.24) is 4.90 Å². The monoisotopic (exact) mass is 364 g/mol. The number of carbonyl (C=O) groups is 1. The Balaban J connectivity index is 1.88. The predicted octanol–water partition coefficient (Wildman–Crippen LogP) is 2.59. The van der Waals surface area contributed by atoms with Gasteiger partial charge in [0.25, 0.3) is 5.91 Å². The molecule has 3 rings (SSSR count). The molecule has 1 saturated heterocycles. The van der Waals surface area contributed by atoms with Crippen molar-refractivity contribution in [2.45, 2.75) is 30.1 Å². The Labute approximate surface area is 146 Å². The first kappa shape index (κ1) is 17.1. The lowest BCUT2D eigenvalue weighted by Gasteiger charge is -2.41. The van der Waals surface area contributed by atoms with Gasteiger partial charge in [-0.25, -0.2) is 13.6 Å². The average molecular weight is 364 g/mol. The van der Waals surface area contributed by atoms with Gasteiger partial charge in [0.2, 0.25) is 10.0 Å². The molecular weight excluding hydrogens is 344 g/mol. The van der Waals surface area contributed by atoms with E-state index in [0.717, 1.165) is 24.2 Å². The SMILES string of the molecule is C[C@]1(c2ccccc2)CCCN(C(=O)c2sccc2S(N)(=O)=O)C1. The summed E-state index contributed by atoms with van der Waals surface area (Å²) in [5, 5.41) is 6.81. The second-order valence-electron chi connectivity index (χ2n) is 6.42.